The van der Waals surface area contributed by atoms with Crippen LogP contribution in [0, 0.1) is 0 Å². The first-order chi connectivity index (χ1) is 5.29. The van der Waals surface area contributed by atoms with E-state index in [2.05, 4.69) is 6.58 Å². The molecule has 1 aromatic rings. The molecule has 0 aliphatic heterocycles. The van der Waals surface area contributed by atoms with Crippen LogP contribution in [0.2, 0.25) is 0 Å². The van der Waals surface area contributed by atoms with Crippen molar-refractivity contribution in [3.8, 4) is 5.75 Å². The molecular weight excluding hydrogens is 136 g/mol. The molecular formula is C10H12O. The summed E-state index contributed by atoms with van der Waals surface area (Å²) >= 11 is 0. The highest BCUT2D eigenvalue weighted by atomic mass is 16.5. The third-order valence-corrected chi connectivity index (χ3v) is 1.23. The van der Waals surface area contributed by atoms with Crippen molar-refractivity contribution in [1.82, 2.24) is 0 Å². The van der Waals surface area contributed by atoms with E-state index in [1.165, 1.54) is 0 Å². The third kappa shape index (κ3) is 2.89. The van der Waals surface area contributed by atoms with Gasteiger partial charge in [-0.15, -0.1) is 0 Å². The highest BCUT2D eigenvalue weighted by Gasteiger charge is 1.89. The first-order valence-corrected chi connectivity index (χ1v) is 3.61. The van der Waals surface area contributed by atoms with Crippen molar-refractivity contribution in [1.29, 1.82) is 0 Å². The van der Waals surface area contributed by atoms with Crippen LogP contribution in [0.4, 0.5) is 0 Å². The van der Waals surface area contributed by atoms with Crippen molar-refractivity contribution in [3.63, 3.8) is 0 Å². The largest absolute Gasteiger partial charge is 0.489 e. The average molecular weight is 148 g/mol. The molecule has 0 spiro atoms. The molecule has 0 aliphatic carbocycles. The molecule has 0 aromatic heterocycles. The molecule has 0 N–H and O–H groups in total. The van der Waals surface area contributed by atoms with Gasteiger partial charge >= 0.3 is 0 Å². The Hall–Kier alpha value is -1.24. The molecule has 0 fully saturated rings. The van der Waals surface area contributed by atoms with Crippen LogP contribution in [0.1, 0.15) is 6.92 Å². The normalized spacial score (nSPS) is 9.18. The summed E-state index contributed by atoms with van der Waals surface area (Å²) in [7, 11) is 0. The zero-order valence-corrected chi connectivity index (χ0v) is 6.71. The summed E-state index contributed by atoms with van der Waals surface area (Å²) in [6, 6.07) is 9.74. The van der Waals surface area contributed by atoms with Gasteiger partial charge in [-0.2, -0.15) is 0 Å². The van der Waals surface area contributed by atoms with E-state index in [-0.39, 0.29) is 0 Å². The molecule has 0 saturated carbocycles. The van der Waals surface area contributed by atoms with E-state index < -0.39 is 0 Å². The molecule has 0 atom stereocenters. The SMILES string of the molecule is C=C(C)COc1ccccc1. The van der Waals surface area contributed by atoms with Crippen molar-refractivity contribution >= 4 is 0 Å². The molecule has 1 aromatic carbocycles. The van der Waals surface area contributed by atoms with E-state index in [1.54, 1.807) is 0 Å². The van der Waals surface area contributed by atoms with Crippen molar-refractivity contribution < 1.29 is 4.74 Å². The van der Waals surface area contributed by atoms with Crippen LogP contribution in [0.25, 0.3) is 0 Å². The quantitative estimate of drug-likeness (QED) is 0.599. The Morgan fingerprint density at radius 3 is 2.55 bits per heavy atom. The second-order valence-electron chi connectivity index (χ2n) is 2.56. The summed E-state index contributed by atoms with van der Waals surface area (Å²) in [4.78, 5) is 0. The number of ether oxygens (including phenoxy) is 1. The highest BCUT2D eigenvalue weighted by Crippen LogP contribution is 2.08. The minimum atomic E-state index is 0.601. The van der Waals surface area contributed by atoms with Gasteiger partial charge < -0.3 is 4.74 Å². The predicted octanol–water partition coefficient (Wildman–Crippen LogP) is 2.64. The summed E-state index contributed by atoms with van der Waals surface area (Å²) in [5.41, 5.74) is 1.04. The van der Waals surface area contributed by atoms with E-state index in [4.69, 9.17) is 4.74 Å². The number of benzene rings is 1. The Morgan fingerprint density at radius 2 is 2.00 bits per heavy atom. The van der Waals surface area contributed by atoms with E-state index in [0.717, 1.165) is 11.3 Å². The van der Waals surface area contributed by atoms with Crippen LogP contribution in [0.5, 0.6) is 5.75 Å². The lowest BCUT2D eigenvalue weighted by molar-refractivity contribution is 0.352. The molecule has 0 heterocycles. The molecule has 1 rings (SSSR count). The molecule has 0 bridgehead atoms. The van der Waals surface area contributed by atoms with E-state index in [9.17, 15) is 0 Å². The van der Waals surface area contributed by atoms with Crippen molar-refractivity contribution in [2.75, 3.05) is 6.61 Å². The van der Waals surface area contributed by atoms with Crippen molar-refractivity contribution in [2.24, 2.45) is 0 Å². The Kier molecular flexibility index (Phi) is 2.73. The topological polar surface area (TPSA) is 9.23 Å². The lowest BCUT2D eigenvalue weighted by Crippen LogP contribution is -1.96. The molecule has 58 valence electrons. The fourth-order valence-corrected chi connectivity index (χ4v) is 0.723. The lowest BCUT2D eigenvalue weighted by atomic mass is 10.3. The number of hydrogen-bond acceptors (Lipinski definition) is 1. The second-order valence-corrected chi connectivity index (χ2v) is 2.56. The van der Waals surface area contributed by atoms with E-state index in [1.807, 2.05) is 37.3 Å². The minimum Gasteiger partial charge on any atom is -0.489 e. The fraction of sp³-hybridized carbons (Fsp3) is 0.200. The lowest BCUT2D eigenvalue weighted by Gasteiger charge is -2.03. The molecule has 11 heavy (non-hydrogen) atoms. The maximum absolute atomic E-state index is 5.37. The van der Waals surface area contributed by atoms with E-state index in [0.29, 0.717) is 6.61 Å². The molecule has 0 radical (unpaired) electrons. The van der Waals surface area contributed by atoms with Crippen molar-refractivity contribution in [3.05, 3.63) is 42.5 Å². The number of para-hydroxylation sites is 1. The zero-order chi connectivity index (χ0) is 8.10. The average Bonchev–Trinajstić information content (AvgIpc) is 2.03. The molecule has 1 heteroatoms. The van der Waals surface area contributed by atoms with Gasteiger partial charge in [0, 0.05) is 0 Å². The van der Waals surface area contributed by atoms with Crippen LogP contribution in [-0.2, 0) is 0 Å². The Balaban J connectivity index is 2.45. The monoisotopic (exact) mass is 148 g/mol. The first-order valence-electron chi connectivity index (χ1n) is 3.61. The van der Waals surface area contributed by atoms with Crippen LogP contribution in [0.15, 0.2) is 42.5 Å². The van der Waals surface area contributed by atoms with Gasteiger partial charge in [-0.3, -0.25) is 0 Å². The Bertz CT molecular complexity index is 226. The van der Waals surface area contributed by atoms with Gasteiger partial charge in [0.2, 0.25) is 0 Å². The maximum Gasteiger partial charge on any atom is 0.119 e. The van der Waals surface area contributed by atoms with Crippen molar-refractivity contribution in [2.45, 2.75) is 6.92 Å². The summed E-state index contributed by atoms with van der Waals surface area (Å²) in [5.74, 6) is 0.899. The summed E-state index contributed by atoms with van der Waals surface area (Å²) < 4.78 is 5.37. The predicted molar refractivity (Wildman–Crippen MR) is 46.8 cm³/mol. The van der Waals surface area contributed by atoms with Gasteiger partial charge in [0.15, 0.2) is 0 Å². The summed E-state index contributed by atoms with van der Waals surface area (Å²) in [6.45, 7) is 6.29. The van der Waals surface area contributed by atoms with Crippen LogP contribution < -0.4 is 4.74 Å². The van der Waals surface area contributed by atoms with Gasteiger partial charge in [-0.1, -0.05) is 24.8 Å². The molecule has 0 amide bonds. The standard InChI is InChI=1S/C10H12O/c1-9(2)8-11-10-6-4-3-5-7-10/h3-7H,1,8H2,2H3. The summed E-state index contributed by atoms with van der Waals surface area (Å²) in [5, 5.41) is 0. The molecule has 1 nitrogen and oxygen atoms in total. The maximum atomic E-state index is 5.37. The van der Waals surface area contributed by atoms with Crippen LogP contribution in [-0.4, -0.2) is 6.61 Å². The van der Waals surface area contributed by atoms with Gasteiger partial charge in [-0.25, -0.2) is 0 Å². The fourth-order valence-electron chi connectivity index (χ4n) is 0.723. The zero-order valence-electron chi connectivity index (χ0n) is 6.71. The Morgan fingerprint density at radius 1 is 1.36 bits per heavy atom. The van der Waals surface area contributed by atoms with E-state index >= 15 is 0 Å². The smallest absolute Gasteiger partial charge is 0.119 e. The highest BCUT2D eigenvalue weighted by molar-refractivity contribution is 5.21. The van der Waals surface area contributed by atoms with Gasteiger partial charge in [0.25, 0.3) is 0 Å². The first kappa shape index (κ1) is 7.86. The minimum absolute atomic E-state index is 0.601. The van der Waals surface area contributed by atoms with Crippen LogP contribution in [0.3, 0.4) is 0 Å². The van der Waals surface area contributed by atoms with Crippen LogP contribution >= 0.6 is 0 Å². The molecule has 0 saturated heterocycles. The summed E-state index contributed by atoms with van der Waals surface area (Å²) in [6.07, 6.45) is 0. The molecule has 0 unspecified atom stereocenters. The Labute approximate surface area is 67.3 Å². The molecule has 0 aliphatic rings. The number of rotatable bonds is 3. The number of hydrogen-bond donors (Lipinski definition) is 0. The second kappa shape index (κ2) is 3.81. The van der Waals surface area contributed by atoms with Gasteiger partial charge in [0.05, 0.1) is 0 Å². The van der Waals surface area contributed by atoms with Gasteiger partial charge in [-0.05, 0) is 24.6 Å². The van der Waals surface area contributed by atoms with Gasteiger partial charge in [0.1, 0.15) is 12.4 Å². The third-order valence-electron chi connectivity index (χ3n) is 1.23.